The number of rotatable bonds is 6. The van der Waals surface area contributed by atoms with Crippen LogP contribution in [0.4, 0.5) is 0 Å². The Bertz CT molecular complexity index is 611. The van der Waals surface area contributed by atoms with Crippen molar-refractivity contribution in [2.75, 3.05) is 20.6 Å². The number of carbonyl (C=O) groups excluding carboxylic acids is 1. The molecule has 2 aromatic carbocycles. The van der Waals surface area contributed by atoms with Crippen molar-refractivity contribution >= 4 is 5.91 Å². The largest absolute Gasteiger partial charge is 0.508 e. The standard InChI is InChI=1S/C18H22N2O2/c1-20(2)16(14-8-4-3-5-9-14)13-19-18(22)12-15-10-6-7-11-17(15)21/h3-11,16,21H,12-13H2,1-2H3,(H,19,22). The third kappa shape index (κ3) is 4.33. The lowest BCUT2D eigenvalue weighted by Crippen LogP contribution is -2.35. The van der Waals surface area contributed by atoms with Crippen molar-refractivity contribution in [3.63, 3.8) is 0 Å². The van der Waals surface area contributed by atoms with E-state index in [1.54, 1.807) is 18.2 Å². The third-order valence-electron chi connectivity index (χ3n) is 3.64. The lowest BCUT2D eigenvalue weighted by Gasteiger charge is -2.25. The molecule has 0 aliphatic carbocycles. The number of nitrogens with zero attached hydrogens (tertiary/aromatic N) is 1. The zero-order chi connectivity index (χ0) is 15.9. The number of para-hydroxylation sites is 1. The smallest absolute Gasteiger partial charge is 0.224 e. The van der Waals surface area contributed by atoms with Gasteiger partial charge >= 0.3 is 0 Å². The summed E-state index contributed by atoms with van der Waals surface area (Å²) >= 11 is 0. The molecule has 0 saturated carbocycles. The van der Waals surface area contributed by atoms with Crippen LogP contribution in [0, 0.1) is 0 Å². The molecule has 2 N–H and O–H groups in total. The van der Waals surface area contributed by atoms with Crippen LogP contribution in [0.3, 0.4) is 0 Å². The molecule has 4 nitrogen and oxygen atoms in total. The molecule has 116 valence electrons. The lowest BCUT2D eigenvalue weighted by molar-refractivity contribution is -0.120. The van der Waals surface area contributed by atoms with Gasteiger partial charge in [0.15, 0.2) is 0 Å². The van der Waals surface area contributed by atoms with Crippen LogP contribution in [0.15, 0.2) is 54.6 Å². The van der Waals surface area contributed by atoms with Gasteiger partial charge < -0.3 is 15.3 Å². The summed E-state index contributed by atoms with van der Waals surface area (Å²) in [5.41, 5.74) is 1.80. The molecular formula is C18H22N2O2. The minimum absolute atomic E-state index is 0.0933. The monoisotopic (exact) mass is 298 g/mol. The van der Waals surface area contributed by atoms with E-state index < -0.39 is 0 Å². The van der Waals surface area contributed by atoms with Gasteiger partial charge in [-0.25, -0.2) is 0 Å². The van der Waals surface area contributed by atoms with Gasteiger partial charge in [-0.2, -0.15) is 0 Å². The van der Waals surface area contributed by atoms with Crippen molar-refractivity contribution in [2.45, 2.75) is 12.5 Å². The highest BCUT2D eigenvalue weighted by atomic mass is 16.3. The van der Waals surface area contributed by atoms with Crippen LogP contribution in [0.1, 0.15) is 17.2 Å². The first-order valence-corrected chi connectivity index (χ1v) is 7.33. The number of benzene rings is 2. The van der Waals surface area contributed by atoms with E-state index in [1.807, 2.05) is 38.4 Å². The van der Waals surface area contributed by atoms with Crippen molar-refractivity contribution in [3.8, 4) is 5.75 Å². The van der Waals surface area contributed by atoms with Gasteiger partial charge in [0.1, 0.15) is 5.75 Å². The number of aromatic hydroxyl groups is 1. The van der Waals surface area contributed by atoms with Crippen molar-refractivity contribution in [3.05, 3.63) is 65.7 Å². The Morgan fingerprint density at radius 1 is 1.09 bits per heavy atom. The average Bonchev–Trinajstić information content (AvgIpc) is 2.50. The number of likely N-dealkylation sites (N-methyl/N-ethyl adjacent to an activating group) is 1. The third-order valence-corrected chi connectivity index (χ3v) is 3.64. The maximum absolute atomic E-state index is 12.1. The molecule has 2 aromatic rings. The summed E-state index contributed by atoms with van der Waals surface area (Å²) in [4.78, 5) is 14.2. The summed E-state index contributed by atoms with van der Waals surface area (Å²) < 4.78 is 0. The molecule has 1 amide bonds. The van der Waals surface area contributed by atoms with E-state index in [1.165, 1.54) is 0 Å². The highest BCUT2D eigenvalue weighted by molar-refractivity contribution is 5.79. The number of phenols is 1. The minimum atomic E-state index is -0.0933. The topological polar surface area (TPSA) is 52.6 Å². The number of hydrogen-bond acceptors (Lipinski definition) is 3. The van der Waals surface area contributed by atoms with E-state index in [4.69, 9.17) is 0 Å². The van der Waals surface area contributed by atoms with E-state index in [2.05, 4.69) is 22.3 Å². The van der Waals surface area contributed by atoms with E-state index in [0.717, 1.165) is 5.56 Å². The summed E-state index contributed by atoms with van der Waals surface area (Å²) in [7, 11) is 3.99. The van der Waals surface area contributed by atoms with Gasteiger partial charge in [0.05, 0.1) is 12.5 Å². The average molecular weight is 298 g/mol. The van der Waals surface area contributed by atoms with Gasteiger partial charge in [0.2, 0.25) is 5.91 Å². The van der Waals surface area contributed by atoms with Crippen LogP contribution in [-0.4, -0.2) is 36.6 Å². The van der Waals surface area contributed by atoms with Crippen molar-refractivity contribution in [1.29, 1.82) is 0 Å². The maximum atomic E-state index is 12.1. The molecule has 1 atom stereocenters. The Hall–Kier alpha value is -2.33. The second kappa shape index (κ2) is 7.61. The zero-order valence-electron chi connectivity index (χ0n) is 13.0. The van der Waals surface area contributed by atoms with E-state index in [0.29, 0.717) is 12.1 Å². The molecule has 0 aliphatic rings. The molecular weight excluding hydrogens is 276 g/mol. The fourth-order valence-electron chi connectivity index (χ4n) is 2.38. The van der Waals surface area contributed by atoms with Crippen LogP contribution in [0.5, 0.6) is 5.75 Å². The zero-order valence-corrected chi connectivity index (χ0v) is 13.0. The maximum Gasteiger partial charge on any atom is 0.224 e. The van der Waals surface area contributed by atoms with Crippen LogP contribution in [0.2, 0.25) is 0 Å². The fraction of sp³-hybridized carbons (Fsp3) is 0.278. The normalized spacial score (nSPS) is 12.1. The van der Waals surface area contributed by atoms with Gasteiger partial charge in [0.25, 0.3) is 0 Å². The van der Waals surface area contributed by atoms with Gasteiger partial charge in [0, 0.05) is 12.1 Å². The Labute approximate surface area is 131 Å². The van der Waals surface area contributed by atoms with Crippen LogP contribution in [0.25, 0.3) is 0 Å². The number of nitrogens with one attached hydrogen (secondary N) is 1. The Morgan fingerprint density at radius 3 is 2.36 bits per heavy atom. The van der Waals surface area contributed by atoms with Gasteiger partial charge in [-0.05, 0) is 25.7 Å². The van der Waals surface area contributed by atoms with Crippen LogP contribution in [-0.2, 0) is 11.2 Å². The fourth-order valence-corrected chi connectivity index (χ4v) is 2.38. The minimum Gasteiger partial charge on any atom is -0.508 e. The summed E-state index contributed by atoms with van der Waals surface area (Å²) in [6.45, 7) is 0.531. The van der Waals surface area contributed by atoms with Crippen molar-refractivity contribution in [2.24, 2.45) is 0 Å². The summed E-state index contributed by atoms with van der Waals surface area (Å²) in [5, 5.41) is 12.7. The first kappa shape index (κ1) is 16.0. The highest BCUT2D eigenvalue weighted by Crippen LogP contribution is 2.18. The van der Waals surface area contributed by atoms with Gasteiger partial charge in [-0.15, -0.1) is 0 Å². The molecule has 0 aromatic heterocycles. The van der Waals surface area contributed by atoms with Gasteiger partial charge in [-0.3, -0.25) is 4.79 Å². The van der Waals surface area contributed by atoms with E-state index in [-0.39, 0.29) is 24.1 Å². The van der Waals surface area contributed by atoms with Crippen molar-refractivity contribution < 1.29 is 9.90 Å². The Balaban J connectivity index is 1.95. The molecule has 0 heterocycles. The molecule has 2 rings (SSSR count). The predicted octanol–water partition coefficient (Wildman–Crippen LogP) is 2.35. The number of hydrogen-bond donors (Lipinski definition) is 2. The Kier molecular flexibility index (Phi) is 5.55. The number of carbonyl (C=O) groups is 1. The Morgan fingerprint density at radius 2 is 1.73 bits per heavy atom. The summed E-state index contributed by atoms with van der Waals surface area (Å²) in [6.07, 6.45) is 0.182. The second-order valence-electron chi connectivity index (χ2n) is 5.50. The predicted molar refractivity (Wildman–Crippen MR) is 87.7 cm³/mol. The molecule has 0 fully saturated rings. The first-order valence-electron chi connectivity index (χ1n) is 7.33. The van der Waals surface area contributed by atoms with E-state index in [9.17, 15) is 9.90 Å². The number of amides is 1. The summed E-state index contributed by atoms with van der Waals surface area (Å²) in [6, 6.07) is 17.1. The van der Waals surface area contributed by atoms with Crippen molar-refractivity contribution in [1.82, 2.24) is 10.2 Å². The molecule has 0 radical (unpaired) electrons. The van der Waals surface area contributed by atoms with Crippen LogP contribution < -0.4 is 5.32 Å². The number of phenolic OH excluding ortho intramolecular Hbond substituents is 1. The molecule has 0 spiro atoms. The molecule has 1 unspecified atom stereocenters. The van der Waals surface area contributed by atoms with Gasteiger partial charge in [-0.1, -0.05) is 48.5 Å². The second-order valence-corrected chi connectivity index (χ2v) is 5.50. The quantitative estimate of drug-likeness (QED) is 0.861. The first-order chi connectivity index (χ1) is 10.6. The SMILES string of the molecule is CN(C)C(CNC(=O)Cc1ccccc1O)c1ccccc1. The van der Waals surface area contributed by atoms with E-state index >= 15 is 0 Å². The molecule has 0 aliphatic heterocycles. The summed E-state index contributed by atoms with van der Waals surface area (Å²) in [5.74, 6) is 0.0640. The van der Waals surface area contributed by atoms with Crippen LogP contribution >= 0.6 is 0 Å². The highest BCUT2D eigenvalue weighted by Gasteiger charge is 2.15. The molecule has 22 heavy (non-hydrogen) atoms. The molecule has 0 bridgehead atoms. The molecule has 4 heteroatoms. The lowest BCUT2D eigenvalue weighted by atomic mass is 10.1. The molecule has 0 saturated heterocycles.